The first-order chi connectivity index (χ1) is 11.8. The summed E-state index contributed by atoms with van der Waals surface area (Å²) < 4.78 is 10.6. The third-order valence-electron chi connectivity index (χ3n) is 3.23. The number of carboxylic acids is 1. The second-order valence-corrected chi connectivity index (χ2v) is 6.43. The number of carbonyl (C=O) groups is 2. The molecule has 2 heterocycles. The van der Waals surface area contributed by atoms with Crippen LogP contribution in [0.3, 0.4) is 0 Å². The van der Waals surface area contributed by atoms with Gasteiger partial charge in [0.05, 0.1) is 5.60 Å². The minimum Gasteiger partial charge on any atom is -0.480 e. The number of nitrogens with one attached hydrogen (secondary N) is 1. The Kier molecular flexibility index (Phi) is 5.87. The predicted octanol–water partition coefficient (Wildman–Crippen LogP) is 2.12. The molecular weight excluding hydrogens is 326 g/mol. The fourth-order valence-corrected chi connectivity index (χ4v) is 2.00. The first-order valence-electron chi connectivity index (χ1n) is 7.81. The summed E-state index contributed by atoms with van der Waals surface area (Å²) in [6.07, 6.45) is 3.34. The van der Waals surface area contributed by atoms with E-state index in [4.69, 9.17) is 9.26 Å². The molecule has 2 aromatic rings. The number of amides is 1. The van der Waals surface area contributed by atoms with Crippen LogP contribution < -0.4 is 5.32 Å². The van der Waals surface area contributed by atoms with Gasteiger partial charge >= 0.3 is 5.97 Å². The zero-order chi connectivity index (χ0) is 18.4. The van der Waals surface area contributed by atoms with Crippen LogP contribution in [0.4, 0.5) is 0 Å². The highest BCUT2D eigenvalue weighted by Gasteiger charge is 2.23. The van der Waals surface area contributed by atoms with Crippen LogP contribution in [-0.4, -0.2) is 45.4 Å². The van der Waals surface area contributed by atoms with Gasteiger partial charge < -0.3 is 19.7 Å². The maximum Gasteiger partial charge on any atom is 0.326 e. The Labute approximate surface area is 145 Å². The summed E-state index contributed by atoms with van der Waals surface area (Å²) in [5.74, 6) is -1.38. The van der Waals surface area contributed by atoms with Crippen LogP contribution in [0.25, 0.3) is 11.3 Å². The van der Waals surface area contributed by atoms with Gasteiger partial charge in [-0.2, -0.15) is 0 Å². The van der Waals surface area contributed by atoms with Crippen molar-refractivity contribution in [3.63, 3.8) is 0 Å². The molecule has 25 heavy (non-hydrogen) atoms. The van der Waals surface area contributed by atoms with Crippen molar-refractivity contribution < 1.29 is 24.0 Å². The van der Waals surface area contributed by atoms with E-state index in [-0.39, 0.29) is 24.3 Å². The molecule has 0 aliphatic rings. The summed E-state index contributed by atoms with van der Waals surface area (Å²) in [6.45, 7) is 5.82. The Hall–Kier alpha value is -2.74. The van der Waals surface area contributed by atoms with Crippen LogP contribution in [0.15, 0.2) is 35.1 Å². The standard InChI is InChI=1S/C17H21N3O5/c1-17(2,3)24-8-6-12(16(22)23)19-15(21)13-9-14(25-20-13)11-5-4-7-18-10-11/h4-5,7,9-10,12H,6,8H2,1-3H3,(H,19,21)(H,22,23). The van der Waals surface area contributed by atoms with Gasteiger partial charge in [-0.15, -0.1) is 0 Å². The van der Waals surface area contributed by atoms with Crippen molar-refractivity contribution >= 4 is 11.9 Å². The molecule has 0 spiro atoms. The smallest absolute Gasteiger partial charge is 0.326 e. The number of aliphatic carboxylic acids is 1. The molecule has 8 nitrogen and oxygen atoms in total. The van der Waals surface area contributed by atoms with Gasteiger partial charge in [0.2, 0.25) is 0 Å². The molecule has 134 valence electrons. The molecule has 0 aromatic carbocycles. The third-order valence-corrected chi connectivity index (χ3v) is 3.23. The quantitative estimate of drug-likeness (QED) is 0.788. The molecule has 2 N–H and O–H groups in total. The first-order valence-corrected chi connectivity index (χ1v) is 7.81. The molecule has 0 saturated carbocycles. The SMILES string of the molecule is CC(C)(C)OCCC(NC(=O)c1cc(-c2cccnc2)on1)C(=O)O. The van der Waals surface area contributed by atoms with Gasteiger partial charge in [-0.25, -0.2) is 4.79 Å². The van der Waals surface area contributed by atoms with Gasteiger partial charge in [0, 0.05) is 37.1 Å². The van der Waals surface area contributed by atoms with Crippen molar-refractivity contribution in [3.05, 3.63) is 36.3 Å². The lowest BCUT2D eigenvalue weighted by Crippen LogP contribution is -2.42. The Morgan fingerprint density at radius 1 is 1.40 bits per heavy atom. The van der Waals surface area contributed by atoms with Crippen molar-refractivity contribution in [1.29, 1.82) is 0 Å². The highest BCUT2D eigenvalue weighted by atomic mass is 16.5. The molecular formula is C17H21N3O5. The van der Waals surface area contributed by atoms with Gasteiger partial charge in [0.15, 0.2) is 11.5 Å². The summed E-state index contributed by atoms with van der Waals surface area (Å²) in [5, 5.41) is 15.4. The number of hydrogen-bond acceptors (Lipinski definition) is 6. The van der Waals surface area contributed by atoms with Crippen LogP contribution >= 0.6 is 0 Å². The average Bonchev–Trinajstić information content (AvgIpc) is 3.03. The van der Waals surface area contributed by atoms with E-state index in [1.165, 1.54) is 6.07 Å². The molecule has 0 radical (unpaired) electrons. The minimum absolute atomic E-state index is 0.00171. The summed E-state index contributed by atoms with van der Waals surface area (Å²) in [4.78, 5) is 27.5. The lowest BCUT2D eigenvalue weighted by atomic mass is 10.1. The second-order valence-electron chi connectivity index (χ2n) is 6.43. The zero-order valence-electron chi connectivity index (χ0n) is 14.4. The highest BCUT2D eigenvalue weighted by molar-refractivity contribution is 5.95. The molecule has 8 heteroatoms. The number of aromatic nitrogens is 2. The van der Waals surface area contributed by atoms with E-state index >= 15 is 0 Å². The second kappa shape index (κ2) is 7.89. The number of pyridine rings is 1. The molecule has 0 bridgehead atoms. The van der Waals surface area contributed by atoms with Crippen LogP contribution in [0, 0.1) is 0 Å². The minimum atomic E-state index is -1.14. The van der Waals surface area contributed by atoms with E-state index in [9.17, 15) is 14.7 Å². The highest BCUT2D eigenvalue weighted by Crippen LogP contribution is 2.19. The van der Waals surface area contributed by atoms with E-state index in [2.05, 4.69) is 15.5 Å². The monoisotopic (exact) mass is 347 g/mol. The predicted molar refractivity (Wildman–Crippen MR) is 88.9 cm³/mol. The molecule has 2 rings (SSSR count). The molecule has 2 aromatic heterocycles. The van der Waals surface area contributed by atoms with Crippen LogP contribution in [0.2, 0.25) is 0 Å². The largest absolute Gasteiger partial charge is 0.480 e. The molecule has 1 unspecified atom stereocenters. The summed E-state index contributed by atoms with van der Waals surface area (Å²) in [6, 6.07) is 3.86. The van der Waals surface area contributed by atoms with Crippen LogP contribution in [0.1, 0.15) is 37.7 Å². The van der Waals surface area contributed by atoms with E-state index < -0.39 is 17.9 Å². The Balaban J connectivity index is 1.99. The first kappa shape index (κ1) is 18.6. The van der Waals surface area contributed by atoms with Crippen molar-refractivity contribution in [3.8, 4) is 11.3 Å². The van der Waals surface area contributed by atoms with Gasteiger partial charge in [-0.05, 0) is 32.9 Å². The number of ether oxygens (including phenoxy) is 1. The lowest BCUT2D eigenvalue weighted by Gasteiger charge is -2.21. The van der Waals surface area contributed by atoms with Crippen molar-refractivity contribution in [1.82, 2.24) is 15.5 Å². The molecule has 1 amide bonds. The molecule has 0 aliphatic carbocycles. The van der Waals surface area contributed by atoms with E-state index in [0.717, 1.165) is 0 Å². The fraction of sp³-hybridized carbons (Fsp3) is 0.412. The Morgan fingerprint density at radius 2 is 2.16 bits per heavy atom. The molecule has 0 saturated heterocycles. The average molecular weight is 347 g/mol. The van der Waals surface area contributed by atoms with Gasteiger partial charge in [0.1, 0.15) is 6.04 Å². The lowest BCUT2D eigenvalue weighted by molar-refractivity contribution is -0.140. The zero-order valence-corrected chi connectivity index (χ0v) is 14.4. The van der Waals surface area contributed by atoms with Crippen LogP contribution in [0.5, 0.6) is 0 Å². The van der Waals surface area contributed by atoms with Crippen LogP contribution in [-0.2, 0) is 9.53 Å². The van der Waals surface area contributed by atoms with Crippen molar-refractivity contribution in [2.75, 3.05) is 6.61 Å². The number of rotatable bonds is 7. The number of nitrogens with zero attached hydrogens (tertiary/aromatic N) is 2. The maximum absolute atomic E-state index is 12.2. The summed E-state index contributed by atoms with van der Waals surface area (Å²) in [7, 11) is 0. The Bertz CT molecular complexity index is 721. The summed E-state index contributed by atoms with van der Waals surface area (Å²) in [5.41, 5.74) is 0.293. The van der Waals surface area contributed by atoms with Gasteiger partial charge in [-0.3, -0.25) is 9.78 Å². The third kappa shape index (κ3) is 5.68. The molecule has 0 fully saturated rings. The normalized spacial score (nSPS) is 12.6. The molecule has 0 aliphatic heterocycles. The maximum atomic E-state index is 12.2. The Morgan fingerprint density at radius 3 is 2.76 bits per heavy atom. The topological polar surface area (TPSA) is 115 Å². The van der Waals surface area contributed by atoms with E-state index in [1.54, 1.807) is 24.5 Å². The van der Waals surface area contributed by atoms with Crippen molar-refractivity contribution in [2.24, 2.45) is 0 Å². The van der Waals surface area contributed by atoms with E-state index in [0.29, 0.717) is 11.3 Å². The van der Waals surface area contributed by atoms with Gasteiger partial charge in [0.25, 0.3) is 5.91 Å². The number of hydrogen-bond donors (Lipinski definition) is 2. The molecule has 1 atom stereocenters. The number of carboxylic acid groups (broad SMARTS) is 1. The fourth-order valence-electron chi connectivity index (χ4n) is 2.00. The van der Waals surface area contributed by atoms with E-state index in [1.807, 2.05) is 20.8 Å². The number of carbonyl (C=O) groups excluding carboxylic acids is 1. The summed E-state index contributed by atoms with van der Waals surface area (Å²) >= 11 is 0. The van der Waals surface area contributed by atoms with Crippen molar-refractivity contribution in [2.45, 2.75) is 38.8 Å². The van der Waals surface area contributed by atoms with Gasteiger partial charge in [-0.1, -0.05) is 5.16 Å².